The van der Waals surface area contributed by atoms with Crippen molar-refractivity contribution in [1.29, 1.82) is 0 Å². The van der Waals surface area contributed by atoms with E-state index in [-0.39, 0.29) is 17.7 Å². The van der Waals surface area contributed by atoms with Crippen LogP contribution in [0, 0.1) is 11.7 Å². The molecule has 0 aliphatic carbocycles. The van der Waals surface area contributed by atoms with Gasteiger partial charge in [0.15, 0.2) is 0 Å². The van der Waals surface area contributed by atoms with Crippen LogP contribution < -0.4 is 10.1 Å². The predicted octanol–water partition coefficient (Wildman–Crippen LogP) is 3.03. The van der Waals surface area contributed by atoms with Gasteiger partial charge in [0.1, 0.15) is 11.6 Å². The van der Waals surface area contributed by atoms with E-state index in [4.69, 9.17) is 4.74 Å². The highest BCUT2D eigenvalue weighted by molar-refractivity contribution is 5.95. The van der Waals surface area contributed by atoms with Crippen molar-refractivity contribution in [1.82, 2.24) is 10.2 Å². The molecule has 0 spiro atoms. The first kappa shape index (κ1) is 20.5. The van der Waals surface area contributed by atoms with Gasteiger partial charge in [-0.05, 0) is 55.2 Å². The second kappa shape index (κ2) is 9.32. The van der Waals surface area contributed by atoms with E-state index in [0.717, 1.165) is 12.8 Å². The molecule has 7 heteroatoms. The highest BCUT2D eigenvalue weighted by Gasteiger charge is 2.24. The van der Waals surface area contributed by atoms with Crippen molar-refractivity contribution in [3.63, 3.8) is 0 Å². The van der Waals surface area contributed by atoms with E-state index in [1.807, 2.05) is 0 Å². The van der Waals surface area contributed by atoms with Crippen LogP contribution in [-0.2, 0) is 4.79 Å². The predicted molar refractivity (Wildman–Crippen MR) is 105 cm³/mol. The Morgan fingerprint density at radius 3 is 2.45 bits per heavy atom. The Morgan fingerprint density at radius 1 is 1.07 bits per heavy atom. The molecule has 152 valence electrons. The highest BCUT2D eigenvalue weighted by atomic mass is 19.1. The van der Waals surface area contributed by atoms with Crippen LogP contribution in [0.25, 0.3) is 0 Å². The number of hydrogen-bond donors (Lipinski definition) is 1. The number of nitrogens with one attached hydrogen (secondary N) is 1. The van der Waals surface area contributed by atoms with Crippen LogP contribution in [0.4, 0.5) is 4.39 Å². The number of carbonyl (C=O) groups is 3. The maximum absolute atomic E-state index is 13.2. The van der Waals surface area contributed by atoms with E-state index in [0.29, 0.717) is 36.5 Å². The standard InChI is InChI=1S/C22H23FN2O4/c1-15(26)29-20-7-3-5-18(13-20)22(28)25-10-8-16(9-11-25)14-24-21(27)17-4-2-6-19(23)12-17/h2-7,12-13,16H,8-11,14H2,1H3,(H,24,27). The number of likely N-dealkylation sites (tertiary alicyclic amines) is 1. The number of benzene rings is 2. The number of nitrogens with zero attached hydrogens (tertiary/aromatic N) is 1. The molecule has 1 fully saturated rings. The summed E-state index contributed by atoms with van der Waals surface area (Å²) < 4.78 is 18.3. The monoisotopic (exact) mass is 398 g/mol. The van der Waals surface area contributed by atoms with Crippen LogP contribution in [0.1, 0.15) is 40.5 Å². The third-order valence-corrected chi connectivity index (χ3v) is 4.88. The van der Waals surface area contributed by atoms with Gasteiger partial charge in [0.25, 0.3) is 11.8 Å². The summed E-state index contributed by atoms with van der Waals surface area (Å²) in [7, 11) is 0. The molecule has 2 aromatic carbocycles. The summed E-state index contributed by atoms with van der Waals surface area (Å²) >= 11 is 0. The van der Waals surface area contributed by atoms with E-state index < -0.39 is 11.8 Å². The SMILES string of the molecule is CC(=O)Oc1cccc(C(=O)N2CCC(CNC(=O)c3cccc(F)c3)CC2)c1. The fourth-order valence-electron chi connectivity index (χ4n) is 3.35. The molecule has 0 saturated carbocycles. The number of carbonyl (C=O) groups excluding carboxylic acids is 3. The smallest absolute Gasteiger partial charge is 0.308 e. The minimum atomic E-state index is -0.442. The van der Waals surface area contributed by atoms with Crippen LogP contribution in [0.5, 0.6) is 5.75 Å². The number of amides is 2. The first-order valence-electron chi connectivity index (χ1n) is 9.54. The van der Waals surface area contributed by atoms with Crippen LogP contribution in [0.15, 0.2) is 48.5 Å². The van der Waals surface area contributed by atoms with E-state index in [1.165, 1.54) is 25.1 Å². The Balaban J connectivity index is 1.49. The third-order valence-electron chi connectivity index (χ3n) is 4.88. The zero-order chi connectivity index (χ0) is 20.8. The molecule has 6 nitrogen and oxygen atoms in total. The number of piperidine rings is 1. The first-order chi connectivity index (χ1) is 13.9. The quantitative estimate of drug-likeness (QED) is 0.621. The summed E-state index contributed by atoms with van der Waals surface area (Å²) in [5.74, 6) is -0.688. The Kier molecular flexibility index (Phi) is 6.59. The molecular weight excluding hydrogens is 375 g/mol. The van der Waals surface area contributed by atoms with Gasteiger partial charge in [0.05, 0.1) is 0 Å². The van der Waals surface area contributed by atoms with Gasteiger partial charge in [-0.1, -0.05) is 12.1 Å². The normalized spacial score (nSPS) is 14.3. The fourth-order valence-corrected chi connectivity index (χ4v) is 3.35. The Morgan fingerprint density at radius 2 is 1.76 bits per heavy atom. The van der Waals surface area contributed by atoms with E-state index in [1.54, 1.807) is 35.2 Å². The molecule has 1 aliphatic rings. The first-order valence-corrected chi connectivity index (χ1v) is 9.54. The van der Waals surface area contributed by atoms with E-state index >= 15 is 0 Å². The van der Waals surface area contributed by atoms with Crippen LogP contribution >= 0.6 is 0 Å². The lowest BCUT2D eigenvalue weighted by atomic mass is 9.96. The van der Waals surface area contributed by atoms with Gasteiger partial charge in [-0.3, -0.25) is 14.4 Å². The summed E-state index contributed by atoms with van der Waals surface area (Å²) in [6, 6.07) is 12.2. The van der Waals surface area contributed by atoms with Gasteiger partial charge in [-0.25, -0.2) is 4.39 Å². The van der Waals surface area contributed by atoms with Gasteiger partial charge >= 0.3 is 5.97 Å². The Bertz CT molecular complexity index is 907. The molecule has 0 radical (unpaired) electrons. The molecule has 0 aromatic heterocycles. The van der Waals surface area contributed by atoms with Gasteiger partial charge in [0, 0.05) is 37.7 Å². The topological polar surface area (TPSA) is 75.7 Å². The van der Waals surface area contributed by atoms with Crippen molar-refractivity contribution in [3.05, 3.63) is 65.5 Å². The molecule has 0 unspecified atom stereocenters. The maximum Gasteiger partial charge on any atom is 0.308 e. The molecule has 1 aliphatic heterocycles. The fraction of sp³-hybridized carbons (Fsp3) is 0.318. The van der Waals surface area contributed by atoms with E-state index in [9.17, 15) is 18.8 Å². The molecule has 2 amide bonds. The minimum absolute atomic E-state index is 0.110. The number of hydrogen-bond acceptors (Lipinski definition) is 4. The number of ether oxygens (including phenoxy) is 1. The van der Waals surface area contributed by atoms with Gasteiger partial charge in [-0.2, -0.15) is 0 Å². The highest BCUT2D eigenvalue weighted by Crippen LogP contribution is 2.21. The Labute approximate surface area is 168 Å². The molecule has 0 atom stereocenters. The van der Waals surface area contributed by atoms with Crippen molar-refractivity contribution in [3.8, 4) is 5.75 Å². The summed E-state index contributed by atoms with van der Waals surface area (Å²) in [6.07, 6.45) is 1.53. The average Bonchev–Trinajstić information content (AvgIpc) is 2.71. The molecule has 0 bridgehead atoms. The lowest BCUT2D eigenvalue weighted by molar-refractivity contribution is -0.131. The third kappa shape index (κ3) is 5.63. The molecule has 29 heavy (non-hydrogen) atoms. The molecule has 1 saturated heterocycles. The van der Waals surface area contributed by atoms with Crippen LogP contribution in [-0.4, -0.2) is 42.3 Å². The Hall–Kier alpha value is -3.22. The van der Waals surface area contributed by atoms with Crippen molar-refractivity contribution in [2.24, 2.45) is 5.92 Å². The van der Waals surface area contributed by atoms with Crippen LogP contribution in [0.2, 0.25) is 0 Å². The van der Waals surface area contributed by atoms with Crippen molar-refractivity contribution < 1.29 is 23.5 Å². The molecular formula is C22H23FN2O4. The van der Waals surface area contributed by atoms with Crippen molar-refractivity contribution >= 4 is 17.8 Å². The summed E-state index contributed by atoms with van der Waals surface area (Å²) in [5.41, 5.74) is 0.770. The van der Waals surface area contributed by atoms with E-state index in [2.05, 4.69) is 5.32 Å². The summed E-state index contributed by atoms with van der Waals surface area (Å²) in [6.45, 7) is 2.96. The average molecular weight is 398 g/mol. The molecule has 1 heterocycles. The minimum Gasteiger partial charge on any atom is -0.427 e. The molecule has 1 N–H and O–H groups in total. The summed E-state index contributed by atoms with van der Waals surface area (Å²) in [4.78, 5) is 37.7. The zero-order valence-corrected chi connectivity index (χ0v) is 16.2. The summed E-state index contributed by atoms with van der Waals surface area (Å²) in [5, 5.41) is 2.84. The van der Waals surface area contributed by atoms with Crippen LogP contribution in [0.3, 0.4) is 0 Å². The van der Waals surface area contributed by atoms with Crippen molar-refractivity contribution in [2.45, 2.75) is 19.8 Å². The van der Waals surface area contributed by atoms with Crippen molar-refractivity contribution in [2.75, 3.05) is 19.6 Å². The van der Waals surface area contributed by atoms with Gasteiger partial charge in [-0.15, -0.1) is 0 Å². The van der Waals surface area contributed by atoms with Gasteiger partial charge < -0.3 is 15.0 Å². The lowest BCUT2D eigenvalue weighted by Crippen LogP contribution is -2.41. The number of halogens is 1. The van der Waals surface area contributed by atoms with Gasteiger partial charge in [0.2, 0.25) is 0 Å². The number of rotatable bonds is 5. The zero-order valence-electron chi connectivity index (χ0n) is 16.2. The second-order valence-electron chi connectivity index (χ2n) is 7.08. The second-order valence-corrected chi connectivity index (χ2v) is 7.08. The molecule has 2 aromatic rings. The maximum atomic E-state index is 13.2. The molecule has 3 rings (SSSR count). The number of esters is 1. The largest absolute Gasteiger partial charge is 0.427 e. The lowest BCUT2D eigenvalue weighted by Gasteiger charge is -2.32.